The highest BCUT2D eigenvalue weighted by molar-refractivity contribution is 7.16. The largest absolute Gasteiger partial charge is 0.465 e. The third-order valence-corrected chi connectivity index (χ3v) is 5.77. The van der Waals surface area contributed by atoms with Crippen molar-refractivity contribution in [2.24, 2.45) is 0 Å². The molecular formula is C22H19FN4O3S. The summed E-state index contributed by atoms with van der Waals surface area (Å²) < 4.78 is 18.0. The number of nitrogens with zero attached hydrogens (tertiary/aromatic N) is 2. The van der Waals surface area contributed by atoms with E-state index in [-0.39, 0.29) is 22.9 Å². The van der Waals surface area contributed by atoms with Gasteiger partial charge in [-0.05, 0) is 42.3 Å². The molecule has 0 aliphatic carbocycles. The Labute approximate surface area is 182 Å². The lowest BCUT2D eigenvalue weighted by Crippen LogP contribution is -2.15. The van der Waals surface area contributed by atoms with Crippen molar-refractivity contribution >= 4 is 34.3 Å². The van der Waals surface area contributed by atoms with E-state index in [1.165, 1.54) is 42.9 Å². The van der Waals surface area contributed by atoms with E-state index in [9.17, 15) is 19.2 Å². The number of nitrogens with one attached hydrogen (secondary N) is 2. The quantitative estimate of drug-likeness (QED) is 0.329. The van der Waals surface area contributed by atoms with Crippen LogP contribution >= 0.6 is 11.3 Å². The summed E-state index contributed by atoms with van der Waals surface area (Å²) in [5, 5.41) is 19.2. The molecule has 1 aromatic carbocycles. The zero-order chi connectivity index (χ0) is 22.5. The molecule has 1 amide bonds. The summed E-state index contributed by atoms with van der Waals surface area (Å²) in [6.45, 7) is 3.93. The first kappa shape index (κ1) is 21.9. The maximum atomic E-state index is 13.2. The number of ether oxygens (including phenoxy) is 1. The van der Waals surface area contributed by atoms with E-state index in [0.717, 1.165) is 4.88 Å². The number of hydrogen-bond acceptors (Lipinski definition) is 6. The van der Waals surface area contributed by atoms with Crippen LogP contribution in [0.2, 0.25) is 0 Å². The molecule has 0 saturated heterocycles. The van der Waals surface area contributed by atoms with Gasteiger partial charge in [-0.25, -0.2) is 9.18 Å². The summed E-state index contributed by atoms with van der Waals surface area (Å²) in [7, 11) is 1.26. The van der Waals surface area contributed by atoms with E-state index in [4.69, 9.17) is 4.74 Å². The highest BCUT2D eigenvalue weighted by Crippen LogP contribution is 2.34. The van der Waals surface area contributed by atoms with Crippen LogP contribution in [0.4, 0.5) is 9.39 Å². The summed E-state index contributed by atoms with van der Waals surface area (Å²) in [4.78, 5) is 25.8. The molecule has 158 valence electrons. The predicted octanol–water partition coefficient (Wildman–Crippen LogP) is 4.73. The van der Waals surface area contributed by atoms with Gasteiger partial charge in [0.05, 0.1) is 24.6 Å². The second-order valence-electron chi connectivity index (χ2n) is 6.87. The maximum Gasteiger partial charge on any atom is 0.340 e. The molecule has 0 fully saturated rings. The van der Waals surface area contributed by atoms with Crippen LogP contribution in [0.5, 0.6) is 0 Å². The summed E-state index contributed by atoms with van der Waals surface area (Å²) in [5.41, 5.74) is 1.72. The number of hydrogen-bond donors (Lipinski definition) is 2. The van der Waals surface area contributed by atoms with Gasteiger partial charge in [-0.2, -0.15) is 10.4 Å². The van der Waals surface area contributed by atoms with E-state index >= 15 is 0 Å². The molecular weight excluding hydrogens is 419 g/mol. The molecule has 0 bridgehead atoms. The number of H-pyrrole nitrogens is 1. The molecule has 2 aromatic heterocycles. The Bertz CT molecular complexity index is 1190. The molecule has 3 rings (SSSR count). The molecule has 31 heavy (non-hydrogen) atoms. The van der Waals surface area contributed by atoms with E-state index in [1.54, 1.807) is 18.2 Å². The number of carbonyl (C=O) groups excluding carboxylic acids is 2. The summed E-state index contributed by atoms with van der Waals surface area (Å²) in [6.07, 6.45) is 2.84. The maximum absolute atomic E-state index is 13.2. The lowest BCUT2D eigenvalue weighted by molar-refractivity contribution is -0.112. The molecule has 0 spiro atoms. The monoisotopic (exact) mass is 438 g/mol. The zero-order valence-electron chi connectivity index (χ0n) is 17.0. The van der Waals surface area contributed by atoms with Crippen LogP contribution in [0.1, 0.15) is 40.6 Å². The molecule has 0 radical (unpaired) electrons. The highest BCUT2D eigenvalue weighted by Gasteiger charge is 2.21. The van der Waals surface area contributed by atoms with Gasteiger partial charge in [0, 0.05) is 16.0 Å². The van der Waals surface area contributed by atoms with Gasteiger partial charge in [-0.1, -0.05) is 13.8 Å². The Morgan fingerprint density at radius 3 is 2.65 bits per heavy atom. The van der Waals surface area contributed by atoms with Crippen LogP contribution in [0.3, 0.4) is 0 Å². The van der Waals surface area contributed by atoms with Gasteiger partial charge in [0.25, 0.3) is 5.91 Å². The fourth-order valence-electron chi connectivity index (χ4n) is 2.78. The fraction of sp³-hybridized carbons (Fsp3) is 0.182. The molecule has 3 aromatic rings. The van der Waals surface area contributed by atoms with Crippen LogP contribution in [0.25, 0.3) is 17.3 Å². The molecule has 2 heterocycles. The van der Waals surface area contributed by atoms with E-state index in [1.807, 2.05) is 19.9 Å². The minimum Gasteiger partial charge on any atom is -0.465 e. The van der Waals surface area contributed by atoms with Crippen molar-refractivity contribution in [1.29, 1.82) is 5.26 Å². The summed E-state index contributed by atoms with van der Waals surface area (Å²) in [5.74, 6) is -1.48. The zero-order valence-corrected chi connectivity index (χ0v) is 17.8. The Morgan fingerprint density at radius 1 is 1.32 bits per heavy atom. The van der Waals surface area contributed by atoms with Crippen molar-refractivity contribution in [3.05, 3.63) is 63.9 Å². The van der Waals surface area contributed by atoms with Crippen molar-refractivity contribution in [2.75, 3.05) is 12.4 Å². The van der Waals surface area contributed by atoms with E-state index in [2.05, 4.69) is 15.5 Å². The third kappa shape index (κ3) is 4.87. The average molecular weight is 438 g/mol. The smallest absolute Gasteiger partial charge is 0.340 e. The lowest BCUT2D eigenvalue weighted by atomic mass is 10.1. The number of aromatic amines is 1. The van der Waals surface area contributed by atoms with Crippen LogP contribution in [0, 0.1) is 17.1 Å². The molecule has 0 aliphatic heterocycles. The average Bonchev–Trinajstić information content (AvgIpc) is 3.39. The molecule has 0 saturated carbocycles. The summed E-state index contributed by atoms with van der Waals surface area (Å²) >= 11 is 1.25. The third-order valence-electron chi connectivity index (χ3n) is 4.42. The van der Waals surface area contributed by atoms with Gasteiger partial charge in [-0.3, -0.25) is 9.89 Å². The Morgan fingerprint density at radius 2 is 2.03 bits per heavy atom. The van der Waals surface area contributed by atoms with E-state index < -0.39 is 11.9 Å². The topological polar surface area (TPSA) is 108 Å². The second-order valence-corrected chi connectivity index (χ2v) is 7.95. The number of benzene rings is 1. The molecule has 9 heteroatoms. The number of carbonyl (C=O) groups is 2. The number of halogens is 1. The van der Waals surface area contributed by atoms with Gasteiger partial charge in [-0.15, -0.1) is 11.3 Å². The summed E-state index contributed by atoms with van der Waals surface area (Å²) in [6, 6.07) is 9.29. The number of amides is 1. The highest BCUT2D eigenvalue weighted by atomic mass is 32.1. The van der Waals surface area contributed by atoms with Crippen LogP contribution in [0.15, 0.2) is 42.1 Å². The van der Waals surface area contributed by atoms with Crippen LogP contribution < -0.4 is 5.32 Å². The van der Waals surface area contributed by atoms with Gasteiger partial charge >= 0.3 is 5.97 Å². The number of anilines is 1. The van der Waals surface area contributed by atoms with Crippen molar-refractivity contribution < 1.29 is 18.7 Å². The molecule has 0 aliphatic rings. The fourth-order valence-corrected chi connectivity index (χ4v) is 3.82. The van der Waals surface area contributed by atoms with Gasteiger partial charge in [0.15, 0.2) is 0 Å². The van der Waals surface area contributed by atoms with Crippen molar-refractivity contribution in [2.45, 2.75) is 19.8 Å². The number of methoxy groups -OCH3 is 1. The molecule has 7 nitrogen and oxygen atoms in total. The first-order valence-electron chi connectivity index (χ1n) is 9.28. The minimum atomic E-state index is -0.670. The number of rotatable bonds is 6. The number of nitriles is 1. The molecule has 2 N–H and O–H groups in total. The molecule has 0 atom stereocenters. The van der Waals surface area contributed by atoms with Crippen LogP contribution in [-0.4, -0.2) is 29.2 Å². The van der Waals surface area contributed by atoms with Crippen molar-refractivity contribution in [3.63, 3.8) is 0 Å². The Balaban J connectivity index is 1.91. The first-order valence-corrected chi connectivity index (χ1v) is 10.1. The molecule has 0 unspecified atom stereocenters. The predicted molar refractivity (Wildman–Crippen MR) is 116 cm³/mol. The van der Waals surface area contributed by atoms with Gasteiger partial charge in [0.1, 0.15) is 22.5 Å². The van der Waals surface area contributed by atoms with Crippen molar-refractivity contribution in [1.82, 2.24) is 10.2 Å². The number of aromatic nitrogens is 2. The second kappa shape index (κ2) is 9.36. The number of thiophene rings is 1. The number of esters is 1. The minimum absolute atomic E-state index is 0.147. The van der Waals surface area contributed by atoms with Gasteiger partial charge in [0.2, 0.25) is 0 Å². The Hall–Kier alpha value is -3.77. The SMILES string of the molecule is COC(=O)c1cc(C(C)C)sc1NC(=O)/C(C#N)=C/c1cn[nH]c1-c1ccc(F)cc1. The van der Waals surface area contributed by atoms with Crippen LogP contribution in [-0.2, 0) is 9.53 Å². The first-order chi connectivity index (χ1) is 14.8. The van der Waals surface area contributed by atoms with E-state index in [0.29, 0.717) is 21.8 Å². The lowest BCUT2D eigenvalue weighted by Gasteiger charge is -2.05. The Kier molecular flexibility index (Phi) is 6.62. The van der Waals surface area contributed by atoms with Crippen molar-refractivity contribution in [3.8, 4) is 17.3 Å². The van der Waals surface area contributed by atoms with Gasteiger partial charge < -0.3 is 10.1 Å². The standard InChI is InChI=1S/C22H19FN4O3S/c1-12(2)18-9-17(22(29)30-3)21(31-18)26-20(28)14(10-24)8-15-11-25-27-19(15)13-4-6-16(23)7-5-13/h4-9,11-12H,1-3H3,(H,25,27)(H,26,28)/b14-8+. The normalized spacial score (nSPS) is 11.3.